The highest BCUT2D eigenvalue weighted by Gasteiger charge is 2.48. The number of carbonyl (C=O) groups is 4. The smallest absolute Gasteiger partial charge is 0.416 e. The zero-order chi connectivity index (χ0) is 43.1. The van der Waals surface area contributed by atoms with Crippen molar-refractivity contribution in [1.82, 2.24) is 0 Å². The molecule has 0 N–H and O–H groups in total. The van der Waals surface area contributed by atoms with Crippen LogP contribution in [0.3, 0.4) is 0 Å². The normalized spacial score (nSPS) is 20.8. The fraction of sp³-hybridized carbons (Fsp3) is 0.292. The topological polar surface area (TPSA) is 86.7 Å². The minimum Gasteiger partial charge on any atom is -0.482 e. The summed E-state index contributed by atoms with van der Waals surface area (Å²) in [7, 11) is 0. The lowest BCUT2D eigenvalue weighted by atomic mass is 9.76. The quantitative estimate of drug-likeness (QED) is 0.0997. The summed E-state index contributed by atoms with van der Waals surface area (Å²) in [6.45, 7) is 0. The molecule has 314 valence electrons. The molecule has 5 aromatic rings. The summed E-state index contributed by atoms with van der Waals surface area (Å²) < 4.78 is 95.4. The molecule has 3 aromatic carbocycles. The number of rotatable bonds is 2. The summed E-state index contributed by atoms with van der Waals surface area (Å²) in [6, 6.07) is 13.5. The molecule has 62 heavy (non-hydrogen) atoms. The summed E-state index contributed by atoms with van der Waals surface area (Å²) in [6.07, 6.45) is 2.44. The zero-order valence-corrected chi connectivity index (χ0v) is 34.2. The number of Topliss-reactive ketones (excluding diaryl/α,β-unsaturated/α-hetero) is 4. The molecule has 2 fully saturated rings. The Morgan fingerprint density at radius 3 is 1.23 bits per heavy atom. The van der Waals surface area contributed by atoms with Crippen molar-refractivity contribution in [2.45, 2.75) is 87.8 Å². The van der Waals surface area contributed by atoms with E-state index in [1.54, 1.807) is 12.2 Å². The van der Waals surface area contributed by atoms with Crippen LogP contribution in [0.1, 0.15) is 128 Å². The zero-order valence-electron chi connectivity index (χ0n) is 32.5. The number of benzene rings is 3. The third kappa shape index (κ3) is 5.88. The van der Waals surface area contributed by atoms with E-state index in [1.165, 1.54) is 34.8 Å². The van der Waals surface area contributed by atoms with Gasteiger partial charge in [-0.3, -0.25) is 19.2 Å². The van der Waals surface area contributed by atoms with Crippen LogP contribution in [0.2, 0.25) is 0 Å². The molecule has 2 aliphatic heterocycles. The van der Waals surface area contributed by atoms with E-state index in [9.17, 15) is 45.5 Å². The van der Waals surface area contributed by atoms with Crippen molar-refractivity contribution in [1.29, 1.82) is 0 Å². The second-order valence-electron chi connectivity index (χ2n) is 16.9. The molecular weight excluding hydrogens is 851 g/mol. The number of alkyl halides is 6. The van der Waals surface area contributed by atoms with Crippen molar-refractivity contribution >= 4 is 69.1 Å². The first kappa shape index (κ1) is 39.3. The Labute approximate surface area is 357 Å². The van der Waals surface area contributed by atoms with Crippen molar-refractivity contribution in [3.05, 3.63) is 115 Å². The molecule has 0 radical (unpaired) electrons. The molecule has 0 amide bonds. The highest BCUT2D eigenvalue weighted by atomic mass is 32.1. The molecule has 4 aliphatic carbocycles. The standard InChI is InChI=1S/C48H32F6O6S2/c49-47(50,51)23-7-9-27-29(15-23)39(55)41(57)31(27)17-25-19-35-43(61-25)33-22-38-34(21-37(33)59-45(35)11-3-1-4-12-45)44-36(46(60-38)13-5-2-6-14-46)20-26(62-44)18-32-28-10-8-24(48(52,53)54)16-30(28)40(56)42(32)58/h7-10,15-22H,1-6,11-14H2/b31-17-,32-18-. The number of halogens is 6. The van der Waals surface area contributed by atoms with E-state index in [0.717, 1.165) is 120 Å². The molecule has 6 nitrogen and oxygen atoms in total. The van der Waals surface area contributed by atoms with Crippen LogP contribution >= 0.6 is 22.7 Å². The average Bonchev–Trinajstić information content (AvgIpc) is 3.99. The van der Waals surface area contributed by atoms with Crippen LogP contribution in [0.15, 0.2) is 60.7 Å². The maximum atomic E-state index is 13.5. The Balaban J connectivity index is 1.03. The van der Waals surface area contributed by atoms with Crippen LogP contribution in [0.5, 0.6) is 11.5 Å². The van der Waals surface area contributed by atoms with Gasteiger partial charge in [0.1, 0.15) is 22.7 Å². The predicted molar refractivity (Wildman–Crippen MR) is 221 cm³/mol. The third-order valence-corrected chi connectivity index (χ3v) is 15.5. The summed E-state index contributed by atoms with van der Waals surface area (Å²) in [5.41, 5.74) is -0.0714. The molecule has 2 aromatic heterocycles. The second-order valence-corrected chi connectivity index (χ2v) is 19.1. The minimum atomic E-state index is -4.68. The van der Waals surface area contributed by atoms with Crippen molar-refractivity contribution in [2.75, 3.05) is 0 Å². The number of ether oxygens (including phenoxy) is 2. The average molecular weight is 883 g/mol. The Morgan fingerprint density at radius 1 is 0.468 bits per heavy atom. The lowest BCUT2D eigenvalue weighted by Crippen LogP contribution is -2.38. The summed E-state index contributed by atoms with van der Waals surface area (Å²) in [5.74, 6) is -2.41. The Kier molecular flexibility index (Phi) is 8.52. The Morgan fingerprint density at radius 2 is 0.855 bits per heavy atom. The number of carbonyl (C=O) groups excluding carboxylic acids is 4. The minimum absolute atomic E-state index is 0.0402. The van der Waals surface area contributed by atoms with Gasteiger partial charge in [-0.15, -0.1) is 22.7 Å². The first-order valence-corrected chi connectivity index (χ1v) is 22.1. The molecule has 2 saturated carbocycles. The highest BCUT2D eigenvalue weighted by Crippen LogP contribution is 2.61. The molecule has 4 heterocycles. The fourth-order valence-corrected chi connectivity index (χ4v) is 12.7. The van der Waals surface area contributed by atoms with E-state index in [1.807, 2.05) is 24.3 Å². The van der Waals surface area contributed by atoms with Gasteiger partial charge in [0.15, 0.2) is 0 Å². The maximum Gasteiger partial charge on any atom is 0.416 e. The monoisotopic (exact) mass is 882 g/mol. The largest absolute Gasteiger partial charge is 0.482 e. The molecular formula is C48H32F6O6S2. The van der Waals surface area contributed by atoms with Crippen molar-refractivity contribution in [2.24, 2.45) is 0 Å². The first-order valence-electron chi connectivity index (χ1n) is 20.4. The number of ketones is 4. The van der Waals surface area contributed by atoms with Gasteiger partial charge >= 0.3 is 12.4 Å². The maximum absolute atomic E-state index is 13.5. The van der Waals surface area contributed by atoms with Crippen molar-refractivity contribution < 1.29 is 55.0 Å². The lowest BCUT2D eigenvalue weighted by molar-refractivity contribution is -0.138. The van der Waals surface area contributed by atoms with Crippen LogP contribution in [0, 0.1) is 0 Å². The van der Waals surface area contributed by atoms with Crippen LogP contribution < -0.4 is 9.47 Å². The summed E-state index contributed by atoms with van der Waals surface area (Å²) in [5, 5.41) is 0. The van der Waals surface area contributed by atoms with Crippen molar-refractivity contribution in [3.63, 3.8) is 0 Å². The molecule has 0 bridgehead atoms. The Hall–Kier alpha value is -5.60. The van der Waals surface area contributed by atoms with Gasteiger partial charge < -0.3 is 9.47 Å². The number of hydrogen-bond donors (Lipinski definition) is 0. The van der Waals surface area contributed by atoms with Gasteiger partial charge in [-0.05, 0) is 123 Å². The molecule has 11 rings (SSSR count). The number of hydrogen-bond acceptors (Lipinski definition) is 8. The molecule has 6 aliphatic rings. The van der Waals surface area contributed by atoms with Gasteiger partial charge in [0.25, 0.3) is 0 Å². The lowest BCUT2D eigenvalue weighted by Gasteiger charge is -2.44. The van der Waals surface area contributed by atoms with Crippen LogP contribution in [0.4, 0.5) is 26.3 Å². The highest BCUT2D eigenvalue weighted by molar-refractivity contribution is 7.17. The Bertz CT molecular complexity index is 2730. The fourth-order valence-electron chi connectivity index (χ4n) is 10.2. The van der Waals surface area contributed by atoms with Gasteiger partial charge in [0.2, 0.25) is 23.1 Å². The number of fused-ring (bicyclic) bond motifs is 10. The van der Waals surface area contributed by atoms with Gasteiger partial charge in [0.05, 0.1) is 11.1 Å². The van der Waals surface area contributed by atoms with Gasteiger partial charge in [-0.2, -0.15) is 26.3 Å². The van der Waals surface area contributed by atoms with Crippen LogP contribution in [-0.2, 0) is 33.1 Å². The number of allylic oxidation sites excluding steroid dienone is 2. The van der Waals surface area contributed by atoms with E-state index < -0.39 is 57.8 Å². The van der Waals surface area contributed by atoms with Crippen LogP contribution in [0.25, 0.3) is 44.2 Å². The van der Waals surface area contributed by atoms with E-state index in [-0.39, 0.29) is 33.4 Å². The SMILES string of the molecule is O=C1C(=O)c2cc(C(F)(F)F)ccc2/C1=C/c1cc2c(s1)-c1cc3c(cc1OC21CCCCC1)-c1sc(/C=C2\C(=O)C(=O)c4cc(C(F)(F)F)ccc42)cc1C1(CCCCC1)O3. The molecule has 0 atom stereocenters. The summed E-state index contributed by atoms with van der Waals surface area (Å²) in [4.78, 5) is 55.7. The van der Waals surface area contributed by atoms with Crippen LogP contribution in [-0.4, -0.2) is 23.1 Å². The summed E-state index contributed by atoms with van der Waals surface area (Å²) >= 11 is 2.83. The van der Waals surface area contributed by atoms with E-state index >= 15 is 0 Å². The third-order valence-electron chi connectivity index (χ3n) is 13.2. The van der Waals surface area contributed by atoms with Gasteiger partial charge in [-0.25, -0.2) is 0 Å². The molecule has 0 saturated heterocycles. The van der Waals surface area contributed by atoms with Gasteiger partial charge in [-0.1, -0.05) is 25.0 Å². The number of thiophene rings is 2. The second kappa shape index (κ2) is 13.5. The van der Waals surface area contributed by atoms with Crippen molar-refractivity contribution in [3.8, 4) is 32.4 Å². The van der Waals surface area contributed by atoms with E-state index in [2.05, 4.69) is 0 Å². The van der Waals surface area contributed by atoms with Gasteiger partial charge in [0, 0.05) is 64.0 Å². The van der Waals surface area contributed by atoms with E-state index in [0.29, 0.717) is 21.3 Å². The molecule has 14 heteroatoms. The first-order chi connectivity index (χ1) is 29.5. The molecule has 0 unspecified atom stereocenters. The molecule has 2 spiro atoms. The van der Waals surface area contributed by atoms with E-state index in [4.69, 9.17) is 9.47 Å². The predicted octanol–water partition coefficient (Wildman–Crippen LogP) is 12.9.